The number of benzene rings is 2. The van der Waals surface area contributed by atoms with Gasteiger partial charge in [-0.3, -0.25) is 0 Å². The molecular weight excluding hydrogens is 370 g/mol. The Balaban J connectivity index is 2.00. The normalized spacial score (nSPS) is 10.7. The predicted octanol–water partition coefficient (Wildman–Crippen LogP) is 4.01. The van der Waals surface area contributed by atoms with Gasteiger partial charge in [0.25, 0.3) is 0 Å². The minimum Gasteiger partial charge on any atom is -0.465 e. The van der Waals surface area contributed by atoms with Crippen LogP contribution in [-0.4, -0.2) is 27.8 Å². The van der Waals surface area contributed by atoms with Crippen LogP contribution in [-0.2, 0) is 11.8 Å². The number of rotatable bonds is 3. The lowest BCUT2D eigenvalue weighted by Gasteiger charge is -2.06. The average Bonchev–Trinajstić information content (AvgIpc) is 2.96. The van der Waals surface area contributed by atoms with Crippen molar-refractivity contribution in [2.24, 2.45) is 7.05 Å². The Kier molecular flexibility index (Phi) is 4.49. The number of aromatic nitrogens is 3. The van der Waals surface area contributed by atoms with Crippen LogP contribution in [0.3, 0.4) is 0 Å². The maximum Gasteiger partial charge on any atom is 0.338 e. The van der Waals surface area contributed by atoms with Crippen LogP contribution >= 0.6 is 15.9 Å². The zero-order chi connectivity index (χ0) is 17.3. The monoisotopic (exact) mass is 385 g/mol. The van der Waals surface area contributed by atoms with Crippen LogP contribution in [0.4, 0.5) is 0 Å². The van der Waals surface area contributed by atoms with Crippen LogP contribution in [0.5, 0.6) is 0 Å². The Labute approximate surface area is 148 Å². The molecule has 0 fully saturated rings. The van der Waals surface area contributed by atoms with Gasteiger partial charge in [-0.2, -0.15) is 5.10 Å². The summed E-state index contributed by atoms with van der Waals surface area (Å²) in [5.74, 6) is 1.06. The number of ether oxygens (including phenoxy) is 1. The molecule has 5 nitrogen and oxygen atoms in total. The van der Waals surface area contributed by atoms with Crippen LogP contribution in [0.2, 0.25) is 0 Å². The van der Waals surface area contributed by atoms with E-state index in [4.69, 9.17) is 4.74 Å². The van der Waals surface area contributed by atoms with Gasteiger partial charge < -0.3 is 4.74 Å². The molecule has 0 saturated heterocycles. The molecule has 6 heteroatoms. The summed E-state index contributed by atoms with van der Waals surface area (Å²) in [6, 6.07) is 13.4. The van der Waals surface area contributed by atoms with Crippen molar-refractivity contribution in [2.75, 3.05) is 7.11 Å². The van der Waals surface area contributed by atoms with Gasteiger partial charge in [0.15, 0.2) is 11.6 Å². The van der Waals surface area contributed by atoms with Crippen LogP contribution in [0.15, 0.2) is 46.9 Å². The summed E-state index contributed by atoms with van der Waals surface area (Å²) in [5, 5.41) is 4.49. The highest BCUT2D eigenvalue weighted by Crippen LogP contribution is 2.25. The van der Waals surface area contributed by atoms with E-state index in [2.05, 4.69) is 26.0 Å². The third kappa shape index (κ3) is 3.10. The molecule has 122 valence electrons. The smallest absolute Gasteiger partial charge is 0.338 e. The van der Waals surface area contributed by atoms with Crippen molar-refractivity contribution in [2.45, 2.75) is 6.92 Å². The quantitative estimate of drug-likeness (QED) is 0.639. The standard InChI is InChI=1S/C18H16BrN3O2/c1-11-10-13(6-9-15(11)18(23)24-3)17-20-16(21-22(17)2)12-4-7-14(19)8-5-12/h4-10H,1-3H3. The molecule has 3 aromatic rings. The highest BCUT2D eigenvalue weighted by atomic mass is 79.9. The number of hydrogen-bond acceptors (Lipinski definition) is 4. The van der Waals surface area contributed by atoms with Gasteiger partial charge >= 0.3 is 5.97 Å². The third-order valence-corrected chi connectivity index (χ3v) is 4.28. The predicted molar refractivity (Wildman–Crippen MR) is 95.7 cm³/mol. The fourth-order valence-corrected chi connectivity index (χ4v) is 2.76. The summed E-state index contributed by atoms with van der Waals surface area (Å²) >= 11 is 3.42. The lowest BCUT2D eigenvalue weighted by Crippen LogP contribution is -2.04. The van der Waals surface area contributed by atoms with E-state index in [1.165, 1.54) is 7.11 Å². The second kappa shape index (κ2) is 6.57. The van der Waals surface area contributed by atoms with Crippen molar-refractivity contribution in [3.63, 3.8) is 0 Å². The minimum atomic E-state index is -0.340. The molecule has 0 unspecified atom stereocenters. The van der Waals surface area contributed by atoms with Gasteiger partial charge in [-0.1, -0.05) is 34.1 Å². The van der Waals surface area contributed by atoms with E-state index >= 15 is 0 Å². The molecule has 0 radical (unpaired) electrons. The molecular formula is C18H16BrN3O2. The van der Waals surface area contributed by atoms with Crippen LogP contribution in [0.1, 0.15) is 15.9 Å². The molecule has 0 aliphatic rings. The van der Waals surface area contributed by atoms with Crippen molar-refractivity contribution in [1.29, 1.82) is 0 Å². The molecule has 24 heavy (non-hydrogen) atoms. The molecule has 0 N–H and O–H groups in total. The molecule has 3 rings (SSSR count). The Morgan fingerprint density at radius 2 is 1.79 bits per heavy atom. The Bertz CT molecular complexity index is 901. The highest BCUT2D eigenvalue weighted by molar-refractivity contribution is 9.10. The zero-order valence-electron chi connectivity index (χ0n) is 13.6. The largest absolute Gasteiger partial charge is 0.465 e. The maximum atomic E-state index is 11.7. The molecule has 2 aromatic carbocycles. The Hall–Kier alpha value is -2.47. The summed E-state index contributed by atoms with van der Waals surface area (Å²) in [5.41, 5.74) is 3.24. The molecule has 0 atom stereocenters. The highest BCUT2D eigenvalue weighted by Gasteiger charge is 2.14. The topological polar surface area (TPSA) is 57.0 Å². The number of aryl methyl sites for hydroxylation is 2. The van der Waals surface area contributed by atoms with E-state index in [1.807, 2.05) is 50.4 Å². The molecule has 0 spiro atoms. The van der Waals surface area contributed by atoms with Crippen LogP contribution < -0.4 is 0 Å². The molecule has 1 aromatic heterocycles. The van der Waals surface area contributed by atoms with E-state index in [1.54, 1.807) is 10.7 Å². The first-order valence-corrected chi connectivity index (χ1v) is 8.15. The third-order valence-electron chi connectivity index (χ3n) is 3.76. The second-order valence-electron chi connectivity index (χ2n) is 5.41. The number of hydrogen-bond donors (Lipinski definition) is 0. The number of nitrogens with zero attached hydrogens (tertiary/aromatic N) is 3. The van der Waals surface area contributed by atoms with E-state index in [0.29, 0.717) is 11.4 Å². The molecule has 1 heterocycles. The van der Waals surface area contributed by atoms with Gasteiger partial charge in [0.05, 0.1) is 12.7 Å². The first kappa shape index (κ1) is 16.4. The minimum absolute atomic E-state index is 0.340. The SMILES string of the molecule is COC(=O)c1ccc(-c2nc(-c3ccc(Br)cc3)nn2C)cc1C. The summed E-state index contributed by atoms with van der Waals surface area (Å²) in [4.78, 5) is 16.3. The van der Waals surface area contributed by atoms with E-state index in [-0.39, 0.29) is 5.97 Å². The van der Waals surface area contributed by atoms with Gasteiger partial charge in [0, 0.05) is 22.6 Å². The summed E-state index contributed by atoms with van der Waals surface area (Å²) in [6.07, 6.45) is 0. The molecule has 0 saturated carbocycles. The second-order valence-corrected chi connectivity index (χ2v) is 6.33. The van der Waals surface area contributed by atoms with Gasteiger partial charge in [0.1, 0.15) is 0 Å². The summed E-state index contributed by atoms with van der Waals surface area (Å²) in [6.45, 7) is 1.88. The van der Waals surface area contributed by atoms with Crippen molar-refractivity contribution in [1.82, 2.24) is 14.8 Å². The number of methoxy groups -OCH3 is 1. The molecule has 0 aliphatic heterocycles. The van der Waals surface area contributed by atoms with Gasteiger partial charge in [-0.25, -0.2) is 14.5 Å². The summed E-state index contributed by atoms with van der Waals surface area (Å²) < 4.78 is 7.53. The zero-order valence-corrected chi connectivity index (χ0v) is 15.2. The number of carbonyl (C=O) groups excluding carboxylic acids is 1. The van der Waals surface area contributed by atoms with Crippen LogP contribution in [0, 0.1) is 6.92 Å². The van der Waals surface area contributed by atoms with Crippen LogP contribution in [0.25, 0.3) is 22.8 Å². The molecule has 0 amide bonds. The van der Waals surface area contributed by atoms with Gasteiger partial charge in [0.2, 0.25) is 0 Å². The number of esters is 1. The lowest BCUT2D eigenvalue weighted by molar-refractivity contribution is 0.0600. The first-order chi connectivity index (χ1) is 11.5. The maximum absolute atomic E-state index is 11.7. The fraction of sp³-hybridized carbons (Fsp3) is 0.167. The Morgan fingerprint density at radius 3 is 2.42 bits per heavy atom. The van der Waals surface area contributed by atoms with E-state index < -0.39 is 0 Å². The number of carbonyl (C=O) groups is 1. The number of halogens is 1. The lowest BCUT2D eigenvalue weighted by atomic mass is 10.0. The Morgan fingerprint density at radius 1 is 1.12 bits per heavy atom. The first-order valence-electron chi connectivity index (χ1n) is 7.36. The van der Waals surface area contributed by atoms with Crippen molar-refractivity contribution in [3.05, 3.63) is 58.1 Å². The van der Waals surface area contributed by atoms with Gasteiger partial charge in [-0.05, 0) is 36.8 Å². The average molecular weight is 386 g/mol. The molecule has 0 bridgehead atoms. The molecule has 0 aliphatic carbocycles. The van der Waals surface area contributed by atoms with E-state index in [0.717, 1.165) is 27.0 Å². The fourth-order valence-electron chi connectivity index (χ4n) is 2.50. The summed E-state index contributed by atoms with van der Waals surface area (Å²) in [7, 11) is 3.23. The van der Waals surface area contributed by atoms with Crippen molar-refractivity contribution >= 4 is 21.9 Å². The van der Waals surface area contributed by atoms with Gasteiger partial charge in [-0.15, -0.1) is 0 Å². The van der Waals surface area contributed by atoms with E-state index in [9.17, 15) is 4.79 Å². The van der Waals surface area contributed by atoms with Crippen molar-refractivity contribution < 1.29 is 9.53 Å². The van der Waals surface area contributed by atoms with Crippen molar-refractivity contribution in [3.8, 4) is 22.8 Å².